The molecule has 4 unspecified atom stereocenters. The van der Waals surface area contributed by atoms with E-state index >= 15 is 0 Å². The molecule has 1 rings (SSSR count). The van der Waals surface area contributed by atoms with Gasteiger partial charge in [0.1, 0.15) is 6.04 Å². The van der Waals surface area contributed by atoms with E-state index in [-0.39, 0.29) is 17.7 Å². The van der Waals surface area contributed by atoms with Crippen LogP contribution in [0.3, 0.4) is 0 Å². The lowest BCUT2D eigenvalue weighted by molar-refractivity contribution is -0.146. The average molecular weight is 270 g/mol. The average Bonchev–Trinajstić information content (AvgIpc) is 2.70. The third-order valence-corrected chi connectivity index (χ3v) is 3.62. The summed E-state index contributed by atoms with van der Waals surface area (Å²) in [4.78, 5) is 36.3. The number of hydrogen-bond acceptors (Lipinski definition) is 3. The van der Waals surface area contributed by atoms with Crippen molar-refractivity contribution in [1.29, 1.82) is 0 Å². The summed E-state index contributed by atoms with van der Waals surface area (Å²) in [5.41, 5.74) is 0. The second kappa shape index (κ2) is 6.04. The van der Waals surface area contributed by atoms with Crippen LogP contribution in [0.1, 0.15) is 26.7 Å². The molecule has 6 nitrogen and oxygen atoms in total. The smallest absolute Gasteiger partial charge is 0.307 e. The number of aliphatic carboxylic acids is 1. The highest BCUT2D eigenvalue weighted by molar-refractivity contribution is 5.90. The zero-order valence-electron chi connectivity index (χ0n) is 11.8. The van der Waals surface area contributed by atoms with Crippen LogP contribution >= 0.6 is 0 Å². The van der Waals surface area contributed by atoms with Crippen molar-refractivity contribution in [1.82, 2.24) is 10.2 Å². The van der Waals surface area contributed by atoms with Crippen LogP contribution in [-0.2, 0) is 14.4 Å². The molecule has 2 N–H and O–H groups in total. The molecule has 0 spiro atoms. The molecular formula is C13H22N2O4. The number of carbonyl (C=O) groups excluding carboxylic acids is 2. The predicted octanol–water partition coefficient (Wildman–Crippen LogP) is 0.326. The van der Waals surface area contributed by atoms with E-state index in [9.17, 15) is 14.4 Å². The Morgan fingerprint density at radius 1 is 1.21 bits per heavy atom. The second-order valence-corrected chi connectivity index (χ2v) is 5.59. The Morgan fingerprint density at radius 3 is 2.21 bits per heavy atom. The van der Waals surface area contributed by atoms with Crippen LogP contribution in [0.15, 0.2) is 0 Å². The molecule has 0 saturated heterocycles. The summed E-state index contributed by atoms with van der Waals surface area (Å²) in [7, 11) is 3.23. The van der Waals surface area contributed by atoms with E-state index < -0.39 is 23.8 Å². The molecule has 1 saturated carbocycles. The molecule has 4 atom stereocenters. The Kier molecular flexibility index (Phi) is 4.91. The van der Waals surface area contributed by atoms with Crippen molar-refractivity contribution in [2.45, 2.75) is 32.7 Å². The summed E-state index contributed by atoms with van der Waals surface area (Å²) < 4.78 is 0. The van der Waals surface area contributed by atoms with Crippen LogP contribution in [0.2, 0.25) is 0 Å². The summed E-state index contributed by atoms with van der Waals surface area (Å²) in [6, 6.07) is -0.632. The number of rotatable bonds is 4. The van der Waals surface area contributed by atoms with Crippen LogP contribution in [0.5, 0.6) is 0 Å². The van der Waals surface area contributed by atoms with Crippen molar-refractivity contribution in [3.63, 3.8) is 0 Å². The quantitative estimate of drug-likeness (QED) is 0.770. The van der Waals surface area contributed by atoms with Gasteiger partial charge in [-0.2, -0.15) is 0 Å². The van der Waals surface area contributed by atoms with E-state index in [4.69, 9.17) is 5.11 Å². The zero-order chi connectivity index (χ0) is 14.7. The van der Waals surface area contributed by atoms with E-state index in [1.54, 1.807) is 21.0 Å². The summed E-state index contributed by atoms with van der Waals surface area (Å²) in [6.45, 7) is 3.55. The predicted molar refractivity (Wildman–Crippen MR) is 69.3 cm³/mol. The molecule has 0 heterocycles. The van der Waals surface area contributed by atoms with Gasteiger partial charge in [0, 0.05) is 14.1 Å². The van der Waals surface area contributed by atoms with Gasteiger partial charge in [-0.3, -0.25) is 14.4 Å². The molecule has 0 bridgehead atoms. The summed E-state index contributed by atoms with van der Waals surface area (Å²) >= 11 is 0. The van der Waals surface area contributed by atoms with Crippen LogP contribution in [0.4, 0.5) is 0 Å². The van der Waals surface area contributed by atoms with Crippen LogP contribution in [0.25, 0.3) is 0 Å². The lowest BCUT2D eigenvalue weighted by Crippen LogP contribution is -2.47. The minimum atomic E-state index is -0.934. The fraction of sp³-hybridized carbons (Fsp3) is 0.769. The highest BCUT2D eigenvalue weighted by Crippen LogP contribution is 2.36. The number of hydrogen-bond donors (Lipinski definition) is 2. The highest BCUT2D eigenvalue weighted by atomic mass is 16.4. The van der Waals surface area contributed by atoms with E-state index in [2.05, 4.69) is 5.32 Å². The lowest BCUT2D eigenvalue weighted by Gasteiger charge is -2.21. The van der Waals surface area contributed by atoms with E-state index in [1.807, 2.05) is 6.92 Å². The van der Waals surface area contributed by atoms with Gasteiger partial charge in [-0.25, -0.2) is 0 Å². The molecule has 0 aromatic heterocycles. The van der Waals surface area contributed by atoms with Crippen LogP contribution in [0, 0.1) is 17.8 Å². The number of carbonyl (C=O) groups is 3. The molecule has 0 aromatic rings. The maximum absolute atomic E-state index is 12.1. The van der Waals surface area contributed by atoms with Gasteiger partial charge >= 0.3 is 5.97 Å². The molecular weight excluding hydrogens is 248 g/mol. The maximum atomic E-state index is 12.1. The van der Waals surface area contributed by atoms with Gasteiger partial charge in [-0.05, 0) is 25.7 Å². The minimum Gasteiger partial charge on any atom is -0.481 e. The third-order valence-electron chi connectivity index (χ3n) is 3.62. The van der Waals surface area contributed by atoms with Gasteiger partial charge in [0.25, 0.3) is 0 Å². The summed E-state index contributed by atoms with van der Waals surface area (Å²) in [5.74, 6) is -2.43. The number of carboxylic acids is 1. The van der Waals surface area contributed by atoms with E-state index in [1.165, 1.54) is 4.90 Å². The number of amides is 2. The zero-order valence-corrected chi connectivity index (χ0v) is 11.8. The van der Waals surface area contributed by atoms with Crippen molar-refractivity contribution in [2.75, 3.05) is 14.1 Å². The molecule has 1 fully saturated rings. The van der Waals surface area contributed by atoms with Gasteiger partial charge in [0.05, 0.1) is 11.8 Å². The Bertz CT molecular complexity index is 381. The number of likely N-dealkylation sites (N-methyl/N-ethyl adjacent to an activating group) is 1. The first-order valence-corrected chi connectivity index (χ1v) is 6.48. The summed E-state index contributed by atoms with van der Waals surface area (Å²) in [6.07, 6.45) is 1.08. The Balaban J connectivity index is 2.67. The van der Waals surface area contributed by atoms with E-state index in [0.717, 1.165) is 0 Å². The SMILES string of the molecule is CC1CC(C(=O)O)C(C(=O)NC(C)C(=O)N(C)C)C1. The van der Waals surface area contributed by atoms with Crippen molar-refractivity contribution in [3.05, 3.63) is 0 Å². The molecule has 108 valence electrons. The molecule has 2 amide bonds. The van der Waals surface area contributed by atoms with Gasteiger partial charge in [-0.15, -0.1) is 0 Å². The van der Waals surface area contributed by atoms with Gasteiger partial charge in [-0.1, -0.05) is 6.92 Å². The fourth-order valence-corrected chi connectivity index (χ4v) is 2.62. The van der Waals surface area contributed by atoms with Crippen molar-refractivity contribution in [2.24, 2.45) is 17.8 Å². The Morgan fingerprint density at radius 2 is 1.74 bits per heavy atom. The number of nitrogens with zero attached hydrogens (tertiary/aromatic N) is 1. The number of nitrogens with one attached hydrogen (secondary N) is 1. The monoisotopic (exact) mass is 270 g/mol. The topological polar surface area (TPSA) is 86.7 Å². The first-order valence-electron chi connectivity index (χ1n) is 6.48. The number of carboxylic acid groups (broad SMARTS) is 1. The normalized spacial score (nSPS) is 27.7. The molecule has 0 aliphatic heterocycles. The van der Waals surface area contributed by atoms with Gasteiger partial charge in [0.15, 0.2) is 0 Å². The first-order chi connectivity index (χ1) is 8.73. The van der Waals surface area contributed by atoms with Gasteiger partial charge < -0.3 is 15.3 Å². The minimum absolute atomic E-state index is 0.203. The molecule has 1 aliphatic rings. The van der Waals surface area contributed by atoms with Gasteiger partial charge in [0.2, 0.25) is 11.8 Å². The standard InChI is InChI=1S/C13H22N2O4/c1-7-5-9(10(6-7)13(18)19)11(16)14-8(2)12(17)15(3)4/h7-10H,5-6H2,1-4H3,(H,14,16)(H,18,19). The Labute approximate surface area is 113 Å². The highest BCUT2D eigenvalue weighted by Gasteiger charge is 2.41. The maximum Gasteiger partial charge on any atom is 0.307 e. The van der Waals surface area contributed by atoms with E-state index in [0.29, 0.717) is 12.8 Å². The molecule has 1 aliphatic carbocycles. The van der Waals surface area contributed by atoms with Crippen molar-refractivity contribution >= 4 is 17.8 Å². The van der Waals surface area contributed by atoms with Crippen molar-refractivity contribution < 1.29 is 19.5 Å². The third kappa shape index (κ3) is 3.68. The second-order valence-electron chi connectivity index (χ2n) is 5.59. The largest absolute Gasteiger partial charge is 0.481 e. The molecule has 0 radical (unpaired) electrons. The molecule has 19 heavy (non-hydrogen) atoms. The Hall–Kier alpha value is -1.59. The lowest BCUT2D eigenvalue weighted by atomic mass is 9.95. The van der Waals surface area contributed by atoms with Crippen LogP contribution in [-0.4, -0.2) is 47.9 Å². The summed E-state index contributed by atoms with van der Waals surface area (Å²) in [5, 5.41) is 11.7. The molecule has 0 aromatic carbocycles. The first kappa shape index (κ1) is 15.5. The van der Waals surface area contributed by atoms with Crippen LogP contribution < -0.4 is 5.32 Å². The molecule has 6 heteroatoms. The van der Waals surface area contributed by atoms with Crippen molar-refractivity contribution in [3.8, 4) is 0 Å². The fourth-order valence-electron chi connectivity index (χ4n) is 2.62.